The highest BCUT2D eigenvalue weighted by Gasteiger charge is 2.37. The van der Waals surface area contributed by atoms with Crippen LogP contribution in [0.2, 0.25) is 0 Å². The lowest BCUT2D eigenvalue weighted by Crippen LogP contribution is -2.35. The van der Waals surface area contributed by atoms with Crippen LogP contribution in [0.15, 0.2) is 0 Å². The van der Waals surface area contributed by atoms with Crippen molar-refractivity contribution in [3.63, 3.8) is 0 Å². The third-order valence-electron chi connectivity index (χ3n) is 4.39. The topological polar surface area (TPSA) is 17.1 Å². The predicted molar refractivity (Wildman–Crippen MR) is 58.0 cm³/mol. The zero-order valence-corrected chi connectivity index (χ0v) is 9.46. The minimum Gasteiger partial charge on any atom is -0.299 e. The molecular weight excluding hydrogens is 172 g/mol. The largest absolute Gasteiger partial charge is 0.299 e. The van der Waals surface area contributed by atoms with E-state index in [1.165, 1.54) is 25.7 Å². The summed E-state index contributed by atoms with van der Waals surface area (Å²) in [6.45, 7) is 4.61. The highest BCUT2D eigenvalue weighted by Crippen LogP contribution is 2.43. The van der Waals surface area contributed by atoms with E-state index in [0.717, 1.165) is 30.6 Å². The molecule has 2 saturated carbocycles. The van der Waals surface area contributed by atoms with E-state index in [0.29, 0.717) is 11.7 Å². The molecule has 80 valence electrons. The van der Waals surface area contributed by atoms with Crippen molar-refractivity contribution in [1.29, 1.82) is 0 Å². The van der Waals surface area contributed by atoms with E-state index in [2.05, 4.69) is 13.8 Å². The summed E-state index contributed by atoms with van der Waals surface area (Å²) in [5, 5.41) is 0. The number of fused-ring (bicyclic) bond motifs is 1. The van der Waals surface area contributed by atoms with Gasteiger partial charge in [0.15, 0.2) is 0 Å². The van der Waals surface area contributed by atoms with Gasteiger partial charge in [0.1, 0.15) is 5.78 Å². The van der Waals surface area contributed by atoms with Crippen molar-refractivity contribution in [3.8, 4) is 0 Å². The van der Waals surface area contributed by atoms with E-state index >= 15 is 0 Å². The number of hydrogen-bond donors (Lipinski definition) is 0. The minimum atomic E-state index is 0.449. The Labute approximate surface area is 87.3 Å². The molecule has 1 nitrogen and oxygen atoms in total. The molecule has 2 rings (SSSR count). The quantitative estimate of drug-likeness (QED) is 0.625. The van der Waals surface area contributed by atoms with Gasteiger partial charge >= 0.3 is 0 Å². The average Bonchev–Trinajstić information content (AvgIpc) is 2.18. The highest BCUT2D eigenvalue weighted by molar-refractivity contribution is 5.82. The van der Waals surface area contributed by atoms with Crippen LogP contribution in [0.5, 0.6) is 0 Å². The molecule has 0 saturated heterocycles. The van der Waals surface area contributed by atoms with Crippen LogP contribution in [-0.4, -0.2) is 5.78 Å². The van der Waals surface area contributed by atoms with Crippen molar-refractivity contribution in [2.24, 2.45) is 23.7 Å². The van der Waals surface area contributed by atoms with Crippen molar-refractivity contribution in [2.45, 2.75) is 52.4 Å². The van der Waals surface area contributed by atoms with Crippen molar-refractivity contribution in [2.75, 3.05) is 0 Å². The van der Waals surface area contributed by atoms with Crippen LogP contribution in [0.3, 0.4) is 0 Å². The van der Waals surface area contributed by atoms with Gasteiger partial charge in [-0.2, -0.15) is 0 Å². The maximum Gasteiger partial charge on any atom is 0.136 e. The van der Waals surface area contributed by atoms with Gasteiger partial charge in [0.05, 0.1) is 0 Å². The van der Waals surface area contributed by atoms with Crippen LogP contribution in [0.25, 0.3) is 0 Å². The molecule has 3 unspecified atom stereocenters. The number of hydrogen-bond acceptors (Lipinski definition) is 1. The average molecular weight is 194 g/mol. The summed E-state index contributed by atoms with van der Waals surface area (Å²) in [6.07, 6.45) is 7.23. The first-order chi connectivity index (χ1) is 6.68. The molecule has 1 heteroatoms. The van der Waals surface area contributed by atoms with E-state index in [1.807, 2.05) is 0 Å². The number of ketones is 1. The Balaban J connectivity index is 2.02. The van der Waals surface area contributed by atoms with Crippen molar-refractivity contribution in [3.05, 3.63) is 0 Å². The van der Waals surface area contributed by atoms with Gasteiger partial charge in [-0.05, 0) is 49.9 Å². The molecule has 0 aromatic carbocycles. The van der Waals surface area contributed by atoms with Crippen LogP contribution in [-0.2, 0) is 4.79 Å². The van der Waals surface area contributed by atoms with E-state index < -0.39 is 0 Å². The van der Waals surface area contributed by atoms with Crippen LogP contribution in [0, 0.1) is 23.7 Å². The van der Waals surface area contributed by atoms with Gasteiger partial charge in [0.2, 0.25) is 0 Å². The van der Waals surface area contributed by atoms with Gasteiger partial charge in [0.25, 0.3) is 0 Å². The van der Waals surface area contributed by atoms with Gasteiger partial charge < -0.3 is 0 Å². The molecule has 0 amide bonds. The summed E-state index contributed by atoms with van der Waals surface area (Å²) in [7, 11) is 0. The Morgan fingerprint density at radius 3 is 2.71 bits per heavy atom. The fourth-order valence-electron chi connectivity index (χ4n) is 3.34. The Morgan fingerprint density at radius 1 is 1.21 bits per heavy atom. The van der Waals surface area contributed by atoms with Gasteiger partial charge in [0, 0.05) is 12.3 Å². The summed E-state index contributed by atoms with van der Waals surface area (Å²) < 4.78 is 0. The zero-order chi connectivity index (χ0) is 10.1. The SMILES string of the molecule is CC(C)C1CCC2CCCC(=O)C2C1. The van der Waals surface area contributed by atoms with Gasteiger partial charge in [-0.15, -0.1) is 0 Å². The summed E-state index contributed by atoms with van der Waals surface area (Å²) >= 11 is 0. The second kappa shape index (κ2) is 4.04. The normalized spacial score (nSPS) is 38.5. The summed E-state index contributed by atoms with van der Waals surface area (Å²) in [4.78, 5) is 11.8. The van der Waals surface area contributed by atoms with E-state index in [9.17, 15) is 4.79 Å². The van der Waals surface area contributed by atoms with E-state index in [1.54, 1.807) is 0 Å². The highest BCUT2D eigenvalue weighted by atomic mass is 16.1. The molecule has 2 aliphatic carbocycles. The van der Waals surface area contributed by atoms with Crippen molar-refractivity contribution < 1.29 is 4.79 Å². The number of Topliss-reactive ketones (excluding diaryl/α,β-unsaturated/α-hetero) is 1. The van der Waals surface area contributed by atoms with Crippen LogP contribution < -0.4 is 0 Å². The van der Waals surface area contributed by atoms with Gasteiger partial charge in [-0.1, -0.05) is 13.8 Å². The first kappa shape index (κ1) is 10.2. The molecular formula is C13H22O. The molecule has 0 heterocycles. The summed E-state index contributed by atoms with van der Waals surface area (Å²) in [6, 6.07) is 0. The molecule has 0 spiro atoms. The maximum absolute atomic E-state index is 11.8. The van der Waals surface area contributed by atoms with E-state index in [4.69, 9.17) is 0 Å². The Kier molecular flexibility index (Phi) is 2.94. The smallest absolute Gasteiger partial charge is 0.136 e. The predicted octanol–water partition coefficient (Wildman–Crippen LogP) is 3.43. The number of carbonyl (C=O) groups is 1. The molecule has 0 bridgehead atoms. The third-order valence-corrected chi connectivity index (χ3v) is 4.39. The lowest BCUT2D eigenvalue weighted by Gasteiger charge is -2.39. The minimum absolute atomic E-state index is 0.449. The molecule has 2 aliphatic rings. The molecule has 0 aliphatic heterocycles. The fraction of sp³-hybridized carbons (Fsp3) is 0.923. The van der Waals surface area contributed by atoms with Crippen molar-refractivity contribution in [1.82, 2.24) is 0 Å². The molecule has 0 aromatic heterocycles. The Bertz CT molecular complexity index is 219. The lowest BCUT2D eigenvalue weighted by molar-refractivity contribution is -0.129. The van der Waals surface area contributed by atoms with Gasteiger partial charge in [-0.3, -0.25) is 4.79 Å². The zero-order valence-electron chi connectivity index (χ0n) is 9.46. The second-order valence-corrected chi connectivity index (χ2v) is 5.54. The molecule has 0 radical (unpaired) electrons. The van der Waals surface area contributed by atoms with Crippen LogP contribution in [0.4, 0.5) is 0 Å². The molecule has 3 atom stereocenters. The first-order valence-electron chi connectivity index (χ1n) is 6.21. The summed E-state index contributed by atoms with van der Waals surface area (Å²) in [5.41, 5.74) is 0. The second-order valence-electron chi connectivity index (χ2n) is 5.54. The molecule has 14 heavy (non-hydrogen) atoms. The Morgan fingerprint density at radius 2 is 2.00 bits per heavy atom. The molecule has 2 fully saturated rings. The number of carbonyl (C=O) groups excluding carboxylic acids is 1. The first-order valence-corrected chi connectivity index (χ1v) is 6.21. The van der Waals surface area contributed by atoms with E-state index in [-0.39, 0.29) is 0 Å². The fourth-order valence-corrected chi connectivity index (χ4v) is 3.34. The van der Waals surface area contributed by atoms with Gasteiger partial charge in [-0.25, -0.2) is 0 Å². The molecule has 0 N–H and O–H groups in total. The van der Waals surface area contributed by atoms with Crippen LogP contribution >= 0.6 is 0 Å². The summed E-state index contributed by atoms with van der Waals surface area (Å²) in [5.74, 6) is 3.37. The maximum atomic E-state index is 11.8. The van der Waals surface area contributed by atoms with Crippen molar-refractivity contribution >= 4 is 5.78 Å². The monoisotopic (exact) mass is 194 g/mol. The Hall–Kier alpha value is -0.330. The third kappa shape index (κ3) is 1.87. The lowest BCUT2D eigenvalue weighted by atomic mass is 9.65. The number of rotatable bonds is 1. The molecule has 0 aromatic rings. The van der Waals surface area contributed by atoms with Crippen LogP contribution in [0.1, 0.15) is 52.4 Å². The standard InChI is InChI=1S/C13H22O/c1-9(2)11-7-6-10-4-3-5-13(14)12(10)8-11/h9-12H,3-8H2,1-2H3.